The molecular weight excluding hydrogens is 260 g/mol. The molecule has 2 N–H and O–H groups in total. The van der Waals surface area contributed by atoms with Crippen molar-refractivity contribution in [2.45, 2.75) is 13.3 Å². The summed E-state index contributed by atoms with van der Waals surface area (Å²) in [6, 6.07) is 4.03. The molecule has 0 aliphatic carbocycles. The molecule has 0 spiro atoms. The Balaban J connectivity index is 2.04. The molecule has 0 unspecified atom stereocenters. The van der Waals surface area contributed by atoms with Gasteiger partial charge in [0.25, 0.3) is 0 Å². The fourth-order valence-corrected chi connectivity index (χ4v) is 3.23. The Kier molecular flexibility index (Phi) is 4.21. The minimum atomic E-state index is -0.267. The van der Waals surface area contributed by atoms with Crippen molar-refractivity contribution in [3.05, 3.63) is 28.1 Å². The molecule has 0 fully saturated rings. The van der Waals surface area contributed by atoms with Gasteiger partial charge in [0.1, 0.15) is 5.01 Å². The lowest BCUT2D eigenvalue weighted by atomic mass is 10.3. The number of hydrogen-bond donors (Lipinski definition) is 2. The quantitative estimate of drug-likeness (QED) is 0.819. The first-order valence-corrected chi connectivity index (χ1v) is 6.67. The van der Waals surface area contributed by atoms with Crippen molar-refractivity contribution in [1.29, 1.82) is 0 Å². The number of hydrogen-bond acceptors (Lipinski definition) is 7. The summed E-state index contributed by atoms with van der Waals surface area (Å²) < 4.78 is 0. The van der Waals surface area contributed by atoms with Crippen LogP contribution in [0.1, 0.15) is 10.6 Å². The number of aromatic nitrogens is 1. The molecule has 0 saturated heterocycles. The largest absolute Gasteiger partial charge is 0.266 e. The van der Waals surface area contributed by atoms with E-state index in [-0.39, 0.29) is 12.0 Å². The fourth-order valence-electron chi connectivity index (χ4n) is 1.39. The molecule has 2 rings (SSSR count). The maximum atomic E-state index is 8.41. The van der Waals surface area contributed by atoms with Gasteiger partial charge in [0.05, 0.1) is 22.6 Å². The van der Waals surface area contributed by atoms with Crippen LogP contribution in [0.25, 0.3) is 9.88 Å². The predicted octanol–water partition coefficient (Wildman–Crippen LogP) is 2.73. The van der Waals surface area contributed by atoms with E-state index in [2.05, 4.69) is 9.82 Å². The molecule has 0 aliphatic heterocycles. The highest BCUT2D eigenvalue weighted by atomic mass is 32.1. The zero-order valence-electron chi connectivity index (χ0n) is 9.16. The van der Waals surface area contributed by atoms with Gasteiger partial charge in [-0.15, -0.1) is 22.7 Å². The Morgan fingerprint density at radius 2 is 2.29 bits per heavy atom. The van der Waals surface area contributed by atoms with Crippen LogP contribution in [0.3, 0.4) is 0 Å². The number of thiazole rings is 1. The summed E-state index contributed by atoms with van der Waals surface area (Å²) >= 11 is 3.26. The molecule has 2 heterocycles. The van der Waals surface area contributed by atoms with E-state index in [1.165, 1.54) is 0 Å². The Bertz CT molecular complexity index is 468. The van der Waals surface area contributed by atoms with E-state index in [1.54, 1.807) is 22.7 Å². The molecule has 5 nitrogen and oxygen atoms in total. The van der Waals surface area contributed by atoms with Crippen LogP contribution in [-0.2, 0) is 11.3 Å². The molecule has 17 heavy (non-hydrogen) atoms. The first-order valence-electron chi connectivity index (χ1n) is 4.98. The normalized spacial score (nSPS) is 11.3. The summed E-state index contributed by atoms with van der Waals surface area (Å²) in [6.45, 7) is 2.15. The summed E-state index contributed by atoms with van der Waals surface area (Å²) in [5.41, 5.74) is 0.962. The molecule has 92 valence electrons. The second-order valence-corrected chi connectivity index (χ2v) is 5.37. The van der Waals surface area contributed by atoms with Crippen LogP contribution in [0, 0.1) is 6.92 Å². The van der Waals surface area contributed by atoms with Gasteiger partial charge in [-0.1, -0.05) is 6.07 Å². The van der Waals surface area contributed by atoms with Crippen molar-refractivity contribution in [2.75, 3.05) is 6.61 Å². The van der Waals surface area contributed by atoms with Crippen LogP contribution in [0.4, 0.5) is 0 Å². The van der Waals surface area contributed by atoms with Gasteiger partial charge in [-0.2, -0.15) is 0 Å². The van der Waals surface area contributed by atoms with Gasteiger partial charge in [0.15, 0.2) is 0 Å². The molecule has 2 aromatic rings. The van der Waals surface area contributed by atoms with Gasteiger partial charge in [0.2, 0.25) is 0 Å². The summed E-state index contributed by atoms with van der Waals surface area (Å²) in [5.74, 6) is 0. The lowest BCUT2D eigenvalue weighted by molar-refractivity contribution is -0.492. The molecular formula is C10H12N2O3S2. The fraction of sp³-hybridized carbons (Fsp3) is 0.300. The third kappa shape index (κ3) is 3.32. The molecule has 0 radical (unpaired) electrons. The molecule has 0 atom stereocenters. The van der Waals surface area contributed by atoms with E-state index in [1.807, 2.05) is 24.4 Å². The second kappa shape index (κ2) is 5.67. The molecule has 0 amide bonds. The summed E-state index contributed by atoms with van der Waals surface area (Å²) in [4.78, 5) is 11.3. The second-order valence-electron chi connectivity index (χ2n) is 3.34. The third-order valence-electron chi connectivity index (χ3n) is 2.16. The standard InChI is InChI=1S/C10H12N2O3S2/c1-7-8(4-5-15-12(13)14)17-10(11-7)9-3-2-6-16-9/h2-3,6,13-14H,4-5H2,1H3. The number of rotatable bonds is 5. The number of aryl methyl sites for hydroxylation is 1. The lowest BCUT2D eigenvalue weighted by Gasteiger charge is -2.04. The van der Waals surface area contributed by atoms with Crippen LogP contribution < -0.4 is 0 Å². The van der Waals surface area contributed by atoms with Gasteiger partial charge in [-0.3, -0.25) is 15.3 Å². The monoisotopic (exact) mass is 272 g/mol. The third-order valence-corrected chi connectivity index (χ3v) is 4.42. The Hall–Kier alpha value is -0.830. The van der Waals surface area contributed by atoms with Crippen molar-refractivity contribution in [1.82, 2.24) is 10.4 Å². The van der Waals surface area contributed by atoms with Crippen LogP contribution in [0.5, 0.6) is 0 Å². The average molecular weight is 272 g/mol. The van der Waals surface area contributed by atoms with Crippen LogP contribution in [-0.4, -0.2) is 27.4 Å². The van der Waals surface area contributed by atoms with Crippen molar-refractivity contribution in [2.24, 2.45) is 0 Å². The minimum absolute atomic E-state index is 0.208. The average Bonchev–Trinajstić information content (AvgIpc) is 2.87. The van der Waals surface area contributed by atoms with Gasteiger partial charge < -0.3 is 0 Å². The zero-order valence-corrected chi connectivity index (χ0v) is 10.8. The lowest BCUT2D eigenvalue weighted by Crippen LogP contribution is -2.16. The van der Waals surface area contributed by atoms with E-state index in [0.717, 1.165) is 20.5 Å². The van der Waals surface area contributed by atoms with Crippen LogP contribution in [0.2, 0.25) is 0 Å². The highest BCUT2D eigenvalue weighted by Crippen LogP contribution is 2.31. The SMILES string of the molecule is Cc1nc(-c2cccs2)sc1CCON(O)O. The van der Waals surface area contributed by atoms with Gasteiger partial charge in [0, 0.05) is 11.3 Å². The molecule has 0 aromatic carbocycles. The van der Waals surface area contributed by atoms with E-state index >= 15 is 0 Å². The molecule has 2 aromatic heterocycles. The van der Waals surface area contributed by atoms with Crippen molar-refractivity contribution in [3.63, 3.8) is 0 Å². The van der Waals surface area contributed by atoms with E-state index in [4.69, 9.17) is 10.4 Å². The van der Waals surface area contributed by atoms with Gasteiger partial charge >= 0.3 is 0 Å². The van der Waals surface area contributed by atoms with E-state index < -0.39 is 0 Å². The Morgan fingerprint density at radius 3 is 2.94 bits per heavy atom. The van der Waals surface area contributed by atoms with E-state index in [9.17, 15) is 0 Å². The Labute approximate surface area is 106 Å². The molecule has 0 saturated carbocycles. The molecule has 7 heteroatoms. The van der Waals surface area contributed by atoms with Crippen molar-refractivity contribution >= 4 is 22.7 Å². The topological polar surface area (TPSA) is 65.8 Å². The van der Waals surface area contributed by atoms with Crippen molar-refractivity contribution < 1.29 is 15.3 Å². The Morgan fingerprint density at radius 1 is 1.47 bits per heavy atom. The first kappa shape index (κ1) is 12.6. The van der Waals surface area contributed by atoms with Crippen molar-refractivity contribution in [3.8, 4) is 9.88 Å². The summed E-state index contributed by atoms with van der Waals surface area (Å²) in [5, 5.41) is 19.6. The van der Waals surface area contributed by atoms with Gasteiger partial charge in [-0.25, -0.2) is 4.98 Å². The smallest absolute Gasteiger partial charge is 0.133 e. The van der Waals surface area contributed by atoms with Gasteiger partial charge in [-0.05, 0) is 18.4 Å². The molecule has 0 bridgehead atoms. The molecule has 0 aliphatic rings. The first-order chi connectivity index (χ1) is 8.16. The maximum Gasteiger partial charge on any atom is 0.133 e. The highest BCUT2D eigenvalue weighted by molar-refractivity contribution is 7.21. The van der Waals surface area contributed by atoms with E-state index in [0.29, 0.717) is 6.42 Å². The van der Waals surface area contributed by atoms with Crippen LogP contribution in [0.15, 0.2) is 17.5 Å². The number of nitrogens with zero attached hydrogens (tertiary/aromatic N) is 2. The number of thiophene rings is 1. The highest BCUT2D eigenvalue weighted by Gasteiger charge is 2.10. The summed E-state index contributed by atoms with van der Waals surface area (Å²) in [7, 11) is 0. The van der Waals surface area contributed by atoms with Crippen LogP contribution >= 0.6 is 22.7 Å². The maximum absolute atomic E-state index is 8.41. The zero-order chi connectivity index (χ0) is 12.3. The predicted molar refractivity (Wildman–Crippen MR) is 65.2 cm³/mol. The summed E-state index contributed by atoms with van der Waals surface area (Å²) in [6.07, 6.45) is 0.604. The minimum Gasteiger partial charge on any atom is -0.266 e.